The smallest absolute Gasteiger partial charge is 0.329 e. The molecule has 4 N–H and O–H groups in total. The van der Waals surface area contributed by atoms with E-state index in [1.807, 2.05) is 4.90 Å². The molecule has 2 aromatic carbocycles. The van der Waals surface area contributed by atoms with E-state index in [1.165, 1.54) is 12.1 Å². The highest BCUT2D eigenvalue weighted by atomic mass is 19.1. The number of rotatable bonds is 10. The minimum atomic E-state index is -0.685. The summed E-state index contributed by atoms with van der Waals surface area (Å²) in [7, 11) is 1.69. The minimum absolute atomic E-state index is 0.0349. The molecule has 0 atom stereocenters. The summed E-state index contributed by atoms with van der Waals surface area (Å²) < 4.78 is 47.9. The van der Waals surface area contributed by atoms with Crippen molar-refractivity contribution in [2.75, 3.05) is 69.8 Å². The number of amidine groups is 1. The third-order valence-corrected chi connectivity index (χ3v) is 10.8. The molecule has 5 heterocycles. The second kappa shape index (κ2) is 16.1. The van der Waals surface area contributed by atoms with Gasteiger partial charge in [0.2, 0.25) is 5.91 Å². The number of nitrogens with one attached hydrogen (secondary N) is 4. The van der Waals surface area contributed by atoms with Crippen molar-refractivity contribution >= 4 is 40.1 Å². The Hall–Kier alpha value is -4.67. The number of H-pyrrole nitrogens is 1. The summed E-state index contributed by atoms with van der Waals surface area (Å²) in [6.07, 6.45) is 5.28. The number of carbonyl (C=O) groups excluding carboxylic acids is 2. The van der Waals surface area contributed by atoms with Crippen LogP contribution in [0.1, 0.15) is 56.3 Å². The lowest BCUT2D eigenvalue weighted by Crippen LogP contribution is -2.52. The fraction of sp³-hybridized carbons (Fsp3) is 0.541. The molecule has 14 nitrogen and oxygen atoms in total. The van der Waals surface area contributed by atoms with Crippen LogP contribution in [0.15, 0.2) is 29.1 Å². The number of amides is 3. The van der Waals surface area contributed by atoms with Gasteiger partial charge in [-0.3, -0.25) is 25.2 Å². The van der Waals surface area contributed by atoms with Gasteiger partial charge in [0.25, 0.3) is 5.56 Å². The largest absolute Gasteiger partial charge is 0.493 e. The van der Waals surface area contributed by atoms with Crippen LogP contribution in [0.4, 0.5) is 25.0 Å². The van der Waals surface area contributed by atoms with E-state index in [2.05, 4.69) is 25.5 Å². The van der Waals surface area contributed by atoms with E-state index in [1.54, 1.807) is 19.2 Å². The summed E-state index contributed by atoms with van der Waals surface area (Å²) in [5.41, 5.74) is 0.911. The molecule has 284 valence electrons. The second-order valence-corrected chi connectivity index (χ2v) is 14.1. The molecule has 4 saturated heterocycles. The van der Waals surface area contributed by atoms with Crippen molar-refractivity contribution in [3.05, 3.63) is 57.6 Å². The van der Waals surface area contributed by atoms with E-state index in [-0.39, 0.29) is 48.0 Å². The number of likely N-dealkylation sites (tertiary alicyclic amines) is 1. The van der Waals surface area contributed by atoms with Gasteiger partial charge in [0.05, 0.1) is 23.9 Å². The molecule has 0 radical (unpaired) electrons. The zero-order chi connectivity index (χ0) is 37.1. The monoisotopic (exact) mass is 736 g/mol. The molecule has 0 aliphatic carbocycles. The van der Waals surface area contributed by atoms with Crippen molar-refractivity contribution in [3.63, 3.8) is 0 Å². The molecule has 0 unspecified atom stereocenters. The molecule has 0 spiro atoms. The number of hydrogen-bond acceptors (Lipinski definition) is 11. The summed E-state index contributed by atoms with van der Waals surface area (Å²) in [6.45, 7) is 5.06. The molecule has 4 aliphatic heterocycles. The molecule has 1 aromatic heterocycles. The number of carbonyl (C=O) groups is 2. The van der Waals surface area contributed by atoms with Crippen molar-refractivity contribution in [1.82, 2.24) is 25.1 Å². The van der Waals surface area contributed by atoms with Crippen LogP contribution in [0, 0.1) is 23.0 Å². The van der Waals surface area contributed by atoms with Crippen molar-refractivity contribution in [1.29, 1.82) is 5.41 Å². The van der Waals surface area contributed by atoms with Crippen molar-refractivity contribution < 1.29 is 32.6 Å². The highest BCUT2D eigenvalue weighted by molar-refractivity contribution is 6.13. The molecule has 7 rings (SSSR count). The Morgan fingerprint density at radius 1 is 0.981 bits per heavy atom. The number of anilines is 2. The third-order valence-electron chi connectivity index (χ3n) is 10.8. The molecule has 16 heteroatoms. The molecule has 3 amide bonds. The predicted octanol–water partition coefficient (Wildman–Crippen LogP) is 3.97. The lowest BCUT2D eigenvalue weighted by Gasteiger charge is -2.42. The van der Waals surface area contributed by atoms with E-state index >= 15 is 8.78 Å². The fourth-order valence-electron chi connectivity index (χ4n) is 7.74. The van der Waals surface area contributed by atoms with Crippen LogP contribution in [0.25, 0.3) is 10.9 Å². The molecular weight excluding hydrogens is 690 g/mol. The van der Waals surface area contributed by atoms with E-state index in [9.17, 15) is 14.4 Å². The number of halogens is 2. The molecule has 0 bridgehead atoms. The molecule has 3 aromatic rings. The van der Waals surface area contributed by atoms with Crippen LogP contribution >= 0.6 is 0 Å². The summed E-state index contributed by atoms with van der Waals surface area (Å²) in [5, 5.41) is 13.7. The Kier molecular flexibility index (Phi) is 11.2. The lowest BCUT2D eigenvalue weighted by atomic mass is 9.94. The zero-order valence-electron chi connectivity index (χ0n) is 29.8. The van der Waals surface area contributed by atoms with Crippen molar-refractivity contribution in [3.8, 4) is 5.75 Å². The number of benzene rings is 2. The van der Waals surface area contributed by atoms with Gasteiger partial charge in [0, 0.05) is 75.7 Å². The van der Waals surface area contributed by atoms with E-state index in [4.69, 9.17) is 19.6 Å². The Labute approximate surface area is 305 Å². The topological polar surface area (TPSA) is 165 Å². The first-order chi connectivity index (χ1) is 25.7. The Balaban J connectivity index is 0.899. The van der Waals surface area contributed by atoms with Gasteiger partial charge in [-0.05, 0) is 69.7 Å². The van der Waals surface area contributed by atoms with Crippen LogP contribution in [-0.4, -0.2) is 109 Å². The van der Waals surface area contributed by atoms with Gasteiger partial charge in [-0.2, -0.15) is 0 Å². The Morgan fingerprint density at radius 2 is 1.74 bits per heavy atom. The van der Waals surface area contributed by atoms with Crippen LogP contribution in [0.5, 0.6) is 5.75 Å². The summed E-state index contributed by atoms with van der Waals surface area (Å²) in [5.74, 6) is -0.730. The number of urea groups is 1. The van der Waals surface area contributed by atoms with E-state index in [0.717, 1.165) is 56.5 Å². The maximum absolute atomic E-state index is 15.5. The highest BCUT2D eigenvalue weighted by Crippen LogP contribution is 2.33. The quantitative estimate of drug-likeness (QED) is 0.177. The molecule has 4 aliphatic rings. The highest BCUT2D eigenvalue weighted by Gasteiger charge is 2.32. The third kappa shape index (κ3) is 8.29. The number of aromatic amines is 1. The lowest BCUT2D eigenvalue weighted by molar-refractivity contribution is -0.121. The molecule has 53 heavy (non-hydrogen) atoms. The SMILES string of the molecule is CNc1cc(N2CCC(N3CCC(COc4cc(F)c5c(=O)[nH]c(COC6CCOCC6)nc5c4)CC3)CC2)c(F)cc1C(=N)N1CCC(=O)NC1=O. The van der Waals surface area contributed by atoms with Crippen molar-refractivity contribution in [2.24, 2.45) is 5.92 Å². The first kappa shape index (κ1) is 36.7. The maximum atomic E-state index is 15.5. The fourth-order valence-corrected chi connectivity index (χ4v) is 7.74. The first-order valence-electron chi connectivity index (χ1n) is 18.4. The van der Waals surface area contributed by atoms with Gasteiger partial charge in [-0.1, -0.05) is 0 Å². The maximum Gasteiger partial charge on any atom is 0.329 e. The summed E-state index contributed by atoms with van der Waals surface area (Å²) in [4.78, 5) is 49.3. The van der Waals surface area contributed by atoms with Gasteiger partial charge in [0.15, 0.2) is 0 Å². The second-order valence-electron chi connectivity index (χ2n) is 14.1. The number of nitrogens with zero attached hydrogens (tertiary/aromatic N) is 4. The number of hydrogen-bond donors (Lipinski definition) is 4. The summed E-state index contributed by atoms with van der Waals surface area (Å²) >= 11 is 0. The van der Waals surface area contributed by atoms with Crippen molar-refractivity contribution in [2.45, 2.75) is 63.7 Å². The summed E-state index contributed by atoms with van der Waals surface area (Å²) in [6, 6.07) is 5.53. The van der Waals surface area contributed by atoms with E-state index < -0.39 is 29.1 Å². The number of piperidine rings is 2. The van der Waals surface area contributed by atoms with Crippen LogP contribution in [-0.2, 0) is 20.9 Å². The van der Waals surface area contributed by atoms with Crippen LogP contribution < -0.4 is 25.8 Å². The number of ether oxygens (including phenoxy) is 3. The Bertz CT molecular complexity index is 1900. The van der Waals surface area contributed by atoms with Gasteiger partial charge in [-0.15, -0.1) is 0 Å². The van der Waals surface area contributed by atoms with Crippen LogP contribution in [0.2, 0.25) is 0 Å². The normalized spacial score (nSPS) is 19.8. The number of imide groups is 1. The van der Waals surface area contributed by atoms with Crippen LogP contribution in [0.3, 0.4) is 0 Å². The molecule has 4 fully saturated rings. The predicted molar refractivity (Wildman–Crippen MR) is 194 cm³/mol. The Morgan fingerprint density at radius 3 is 2.45 bits per heavy atom. The molecule has 0 saturated carbocycles. The first-order valence-corrected chi connectivity index (χ1v) is 18.4. The standard InChI is InChI=1S/C37H46F2N8O6/c1-41-29-19-31(27(38)18-26(29)35(40)47-13-6-33(48)44-37(47)50)46-11-4-23(5-12-46)45-9-2-22(3-10-45)20-52-25-16-28(39)34-30(17-25)42-32(43-36(34)49)21-53-24-7-14-51-15-8-24/h16-19,22-24,40-41H,2-15,20-21H2,1H3,(H,42,43,49)(H,44,48,50). The average molecular weight is 737 g/mol. The van der Waals surface area contributed by atoms with Gasteiger partial charge >= 0.3 is 6.03 Å². The molecular formula is C37H46F2N8O6. The van der Waals surface area contributed by atoms with Gasteiger partial charge < -0.3 is 34.3 Å². The number of aromatic nitrogens is 2. The van der Waals surface area contributed by atoms with Gasteiger partial charge in [-0.25, -0.2) is 18.6 Å². The zero-order valence-corrected chi connectivity index (χ0v) is 29.8. The number of fused-ring (bicyclic) bond motifs is 1. The van der Waals surface area contributed by atoms with Gasteiger partial charge in [0.1, 0.15) is 41.0 Å². The van der Waals surface area contributed by atoms with E-state index in [0.29, 0.717) is 67.8 Å². The average Bonchev–Trinajstić information content (AvgIpc) is 3.16. The minimum Gasteiger partial charge on any atom is -0.493 e.